The quantitative estimate of drug-likeness (QED) is 0.333. The lowest BCUT2D eigenvalue weighted by atomic mass is 9.96. The first-order chi connectivity index (χ1) is 2.91. The molecule has 1 saturated heterocycles. The summed E-state index contributed by atoms with van der Waals surface area (Å²) in [5.74, 6) is 0. The molecule has 0 aromatic carbocycles. The highest BCUT2D eigenvalue weighted by atomic mass is 31.1. The highest BCUT2D eigenvalue weighted by molar-refractivity contribution is 7.41. The lowest BCUT2D eigenvalue weighted by molar-refractivity contribution is 0.202. The van der Waals surface area contributed by atoms with Crippen molar-refractivity contribution in [2.75, 3.05) is 0 Å². The maximum absolute atomic E-state index is 5.16. The molecule has 2 fully saturated rings. The molecular formula is C4H7OP. The molecule has 0 bridgehead atoms. The second-order valence-corrected chi connectivity index (χ2v) is 3.37. The van der Waals surface area contributed by atoms with Crippen LogP contribution in [0.1, 0.15) is 19.3 Å². The molecular weight excluding hydrogens is 95.0 g/mol. The number of rotatable bonds is 0. The van der Waals surface area contributed by atoms with Crippen molar-refractivity contribution in [3.8, 4) is 0 Å². The highest BCUT2D eigenvalue weighted by Crippen LogP contribution is 2.65. The van der Waals surface area contributed by atoms with Gasteiger partial charge in [0.05, 0.1) is 0 Å². The molecule has 0 N–H and O–H groups in total. The zero-order valence-electron chi connectivity index (χ0n) is 3.53. The van der Waals surface area contributed by atoms with Crippen LogP contribution in [-0.2, 0) is 4.52 Å². The molecule has 0 aromatic heterocycles. The molecule has 0 radical (unpaired) electrons. The molecule has 1 spiro atoms. The van der Waals surface area contributed by atoms with Gasteiger partial charge in [-0.2, -0.15) is 0 Å². The SMILES string of the molecule is C1CC2(C1)OP2. The Labute approximate surface area is 38.9 Å². The van der Waals surface area contributed by atoms with Gasteiger partial charge in [-0.25, -0.2) is 0 Å². The second-order valence-electron chi connectivity index (χ2n) is 2.05. The first-order valence-corrected chi connectivity index (χ1v) is 3.27. The normalized spacial score (nSPS) is 40.0. The topological polar surface area (TPSA) is 12.5 Å². The lowest BCUT2D eigenvalue weighted by Crippen LogP contribution is -2.17. The molecule has 1 saturated carbocycles. The van der Waals surface area contributed by atoms with Crippen LogP contribution >= 0.6 is 8.81 Å². The monoisotopic (exact) mass is 102 g/mol. The van der Waals surface area contributed by atoms with E-state index in [0.717, 1.165) is 8.81 Å². The van der Waals surface area contributed by atoms with Gasteiger partial charge in [-0.3, -0.25) is 0 Å². The van der Waals surface area contributed by atoms with E-state index in [1.807, 2.05) is 0 Å². The average Bonchev–Trinajstić information content (AvgIpc) is 2.02. The third kappa shape index (κ3) is 0.281. The third-order valence-corrected chi connectivity index (χ3v) is 2.83. The van der Waals surface area contributed by atoms with Gasteiger partial charge in [-0.05, 0) is 19.3 Å². The van der Waals surface area contributed by atoms with Crippen LogP contribution in [0.4, 0.5) is 0 Å². The molecule has 1 nitrogen and oxygen atoms in total. The number of hydrogen-bond acceptors (Lipinski definition) is 1. The van der Waals surface area contributed by atoms with Gasteiger partial charge in [0, 0.05) is 8.81 Å². The Hall–Kier alpha value is 0.390. The summed E-state index contributed by atoms with van der Waals surface area (Å²) in [5.41, 5.74) is 0. The van der Waals surface area contributed by atoms with Crippen molar-refractivity contribution in [2.24, 2.45) is 0 Å². The fourth-order valence-electron chi connectivity index (χ4n) is 0.774. The van der Waals surface area contributed by atoms with E-state index in [1.165, 1.54) is 19.3 Å². The molecule has 1 unspecified atom stereocenters. The molecule has 1 heterocycles. The van der Waals surface area contributed by atoms with Crippen LogP contribution in [0.5, 0.6) is 0 Å². The van der Waals surface area contributed by atoms with Gasteiger partial charge in [0.1, 0.15) is 5.34 Å². The molecule has 2 heteroatoms. The van der Waals surface area contributed by atoms with Crippen molar-refractivity contribution in [1.82, 2.24) is 0 Å². The first kappa shape index (κ1) is 3.40. The minimum Gasteiger partial charge on any atom is -0.346 e. The average molecular weight is 102 g/mol. The summed E-state index contributed by atoms with van der Waals surface area (Å²) in [4.78, 5) is 0. The Morgan fingerprint density at radius 2 is 2.17 bits per heavy atom. The van der Waals surface area contributed by atoms with Crippen LogP contribution in [0, 0.1) is 0 Å². The number of hydrogen-bond donors (Lipinski definition) is 0. The van der Waals surface area contributed by atoms with E-state index in [0.29, 0.717) is 5.34 Å². The second kappa shape index (κ2) is 0.801. The minimum atomic E-state index is 0.500. The van der Waals surface area contributed by atoms with Crippen LogP contribution in [0.25, 0.3) is 0 Å². The van der Waals surface area contributed by atoms with Crippen LogP contribution in [0.15, 0.2) is 0 Å². The van der Waals surface area contributed by atoms with Crippen LogP contribution in [0.3, 0.4) is 0 Å². The fraction of sp³-hybridized carbons (Fsp3) is 1.00. The Morgan fingerprint density at radius 1 is 1.50 bits per heavy atom. The van der Waals surface area contributed by atoms with E-state index in [1.54, 1.807) is 0 Å². The molecule has 0 amide bonds. The maximum atomic E-state index is 5.16. The van der Waals surface area contributed by atoms with Crippen LogP contribution in [-0.4, -0.2) is 5.34 Å². The Balaban J connectivity index is 2.09. The van der Waals surface area contributed by atoms with Crippen molar-refractivity contribution in [3.63, 3.8) is 0 Å². The fourth-order valence-corrected chi connectivity index (χ4v) is 1.68. The van der Waals surface area contributed by atoms with Gasteiger partial charge in [0.25, 0.3) is 0 Å². The van der Waals surface area contributed by atoms with E-state index < -0.39 is 0 Å². The van der Waals surface area contributed by atoms with E-state index in [9.17, 15) is 0 Å². The summed E-state index contributed by atoms with van der Waals surface area (Å²) in [6.07, 6.45) is 4.11. The molecule has 34 valence electrons. The van der Waals surface area contributed by atoms with Gasteiger partial charge in [0.2, 0.25) is 0 Å². The summed E-state index contributed by atoms with van der Waals surface area (Å²) < 4.78 is 5.16. The predicted octanol–water partition coefficient (Wildman–Crippen LogP) is 1.49. The molecule has 6 heavy (non-hydrogen) atoms. The van der Waals surface area contributed by atoms with Gasteiger partial charge in [-0.1, -0.05) is 0 Å². The summed E-state index contributed by atoms with van der Waals surface area (Å²) in [6.45, 7) is 0. The van der Waals surface area contributed by atoms with Crippen molar-refractivity contribution >= 4 is 8.81 Å². The first-order valence-electron chi connectivity index (χ1n) is 2.37. The van der Waals surface area contributed by atoms with Gasteiger partial charge in [-0.15, -0.1) is 0 Å². The van der Waals surface area contributed by atoms with Gasteiger partial charge < -0.3 is 4.52 Å². The Kier molecular flexibility index (Phi) is 0.454. The zero-order valence-corrected chi connectivity index (χ0v) is 4.53. The largest absolute Gasteiger partial charge is 0.346 e. The third-order valence-electron chi connectivity index (χ3n) is 1.55. The van der Waals surface area contributed by atoms with Crippen LogP contribution < -0.4 is 0 Å². The summed E-state index contributed by atoms with van der Waals surface area (Å²) in [6, 6.07) is 0. The summed E-state index contributed by atoms with van der Waals surface area (Å²) in [5, 5.41) is 0.500. The Morgan fingerprint density at radius 3 is 2.17 bits per heavy atom. The molecule has 2 aliphatic rings. The van der Waals surface area contributed by atoms with Crippen LogP contribution in [0.2, 0.25) is 0 Å². The van der Waals surface area contributed by atoms with Crippen molar-refractivity contribution in [2.45, 2.75) is 24.6 Å². The standard InChI is InChI=1S/C4H7OP/c1-2-4(3-1)5-6-4/h6H,1-3H2. The molecule has 1 aliphatic heterocycles. The maximum Gasteiger partial charge on any atom is 0.113 e. The highest BCUT2D eigenvalue weighted by Gasteiger charge is 2.50. The zero-order chi connectivity index (χ0) is 4.04. The van der Waals surface area contributed by atoms with Gasteiger partial charge >= 0.3 is 0 Å². The van der Waals surface area contributed by atoms with Gasteiger partial charge in [0.15, 0.2) is 0 Å². The lowest BCUT2D eigenvalue weighted by Gasteiger charge is -2.18. The molecule has 2 rings (SSSR count). The minimum absolute atomic E-state index is 0.500. The molecule has 1 aliphatic carbocycles. The van der Waals surface area contributed by atoms with E-state index >= 15 is 0 Å². The Bertz CT molecular complexity index is 71.6. The summed E-state index contributed by atoms with van der Waals surface area (Å²) >= 11 is 0. The van der Waals surface area contributed by atoms with Crippen molar-refractivity contribution in [3.05, 3.63) is 0 Å². The van der Waals surface area contributed by atoms with E-state index in [2.05, 4.69) is 0 Å². The van der Waals surface area contributed by atoms with Crippen molar-refractivity contribution < 1.29 is 4.52 Å². The van der Waals surface area contributed by atoms with E-state index in [4.69, 9.17) is 4.52 Å². The summed E-state index contributed by atoms with van der Waals surface area (Å²) in [7, 11) is 0.864. The molecule has 0 aromatic rings. The predicted molar refractivity (Wildman–Crippen MR) is 26.0 cm³/mol. The van der Waals surface area contributed by atoms with E-state index in [-0.39, 0.29) is 0 Å². The van der Waals surface area contributed by atoms with Crippen molar-refractivity contribution in [1.29, 1.82) is 0 Å². The molecule has 1 atom stereocenters. The smallest absolute Gasteiger partial charge is 0.113 e.